The molecule has 0 atom stereocenters. The van der Waals surface area contributed by atoms with Gasteiger partial charge in [0.05, 0.1) is 17.3 Å². The number of hydrogen-bond donors (Lipinski definition) is 1. The van der Waals surface area contributed by atoms with Gasteiger partial charge in [0.25, 0.3) is 0 Å². The van der Waals surface area contributed by atoms with Crippen LogP contribution in [0.4, 0.5) is 5.82 Å². The molecule has 0 aromatic carbocycles. The Morgan fingerprint density at radius 3 is 2.70 bits per heavy atom. The number of aryl methyl sites for hydroxylation is 1. The Labute approximate surface area is 126 Å². The van der Waals surface area contributed by atoms with E-state index >= 15 is 0 Å². The first kappa shape index (κ1) is 15.5. The minimum atomic E-state index is 0.262. The molecular weight excluding hydrogens is 274 g/mol. The molecule has 0 spiro atoms. The van der Waals surface area contributed by atoms with Crippen molar-refractivity contribution in [1.29, 1.82) is 0 Å². The van der Waals surface area contributed by atoms with Gasteiger partial charge >= 0.3 is 0 Å². The van der Waals surface area contributed by atoms with Crippen molar-refractivity contribution in [3.05, 3.63) is 22.8 Å². The van der Waals surface area contributed by atoms with Crippen LogP contribution in [0, 0.1) is 12.8 Å². The van der Waals surface area contributed by atoms with Gasteiger partial charge in [0.15, 0.2) is 0 Å². The van der Waals surface area contributed by atoms with Gasteiger partial charge in [-0.3, -0.25) is 0 Å². The highest BCUT2D eigenvalue weighted by atomic mass is 35.5. The molecule has 1 saturated heterocycles. The molecule has 112 valence electrons. The minimum Gasteiger partial charge on any atom is -0.395 e. The summed E-state index contributed by atoms with van der Waals surface area (Å²) in [6.07, 6.45) is 2.38. The molecule has 2 rings (SSSR count). The van der Waals surface area contributed by atoms with Crippen molar-refractivity contribution in [3.8, 4) is 0 Å². The van der Waals surface area contributed by atoms with Gasteiger partial charge in [-0.1, -0.05) is 11.6 Å². The van der Waals surface area contributed by atoms with Gasteiger partial charge in [0.2, 0.25) is 0 Å². The third kappa shape index (κ3) is 4.08. The number of piperidine rings is 1. The van der Waals surface area contributed by atoms with Crippen LogP contribution >= 0.6 is 11.6 Å². The molecule has 20 heavy (non-hydrogen) atoms. The first-order chi connectivity index (χ1) is 9.60. The van der Waals surface area contributed by atoms with Gasteiger partial charge in [0.1, 0.15) is 5.82 Å². The number of anilines is 1. The van der Waals surface area contributed by atoms with Crippen molar-refractivity contribution in [2.45, 2.75) is 19.8 Å². The van der Waals surface area contributed by atoms with Crippen LogP contribution in [0.2, 0.25) is 5.02 Å². The maximum atomic E-state index is 8.96. The second kappa shape index (κ2) is 7.25. The third-order valence-corrected chi connectivity index (χ3v) is 4.45. The zero-order valence-electron chi connectivity index (χ0n) is 12.3. The zero-order chi connectivity index (χ0) is 14.5. The van der Waals surface area contributed by atoms with Gasteiger partial charge < -0.3 is 14.9 Å². The van der Waals surface area contributed by atoms with Crippen LogP contribution in [0.3, 0.4) is 0 Å². The molecule has 1 aliphatic heterocycles. The van der Waals surface area contributed by atoms with Crippen molar-refractivity contribution in [1.82, 2.24) is 9.88 Å². The molecule has 0 unspecified atom stereocenters. The average molecular weight is 298 g/mol. The zero-order valence-corrected chi connectivity index (χ0v) is 13.1. The fourth-order valence-electron chi connectivity index (χ4n) is 2.76. The van der Waals surface area contributed by atoms with Gasteiger partial charge in [-0.05, 0) is 50.9 Å². The molecule has 0 aliphatic carbocycles. The summed E-state index contributed by atoms with van der Waals surface area (Å²) in [5, 5.41) is 9.68. The standard InChI is InChI=1S/C15H24ClN3O/c1-12-14(16)3-4-15(17-12)18(2)11-13-5-7-19(8-6-13)9-10-20/h3-4,13,20H,5-11H2,1-2H3. The first-order valence-electron chi connectivity index (χ1n) is 7.27. The molecular formula is C15H24ClN3O. The highest BCUT2D eigenvalue weighted by Gasteiger charge is 2.20. The van der Waals surface area contributed by atoms with Crippen LogP contribution in [0.25, 0.3) is 0 Å². The fraction of sp³-hybridized carbons (Fsp3) is 0.667. The molecule has 4 nitrogen and oxygen atoms in total. The Balaban J connectivity index is 1.85. The first-order valence-corrected chi connectivity index (χ1v) is 7.65. The normalized spacial score (nSPS) is 17.4. The summed E-state index contributed by atoms with van der Waals surface area (Å²) in [7, 11) is 2.09. The number of nitrogens with zero attached hydrogens (tertiary/aromatic N) is 3. The van der Waals surface area contributed by atoms with Gasteiger partial charge in [-0.15, -0.1) is 0 Å². The SMILES string of the molecule is Cc1nc(N(C)CC2CCN(CCO)CC2)ccc1Cl. The van der Waals surface area contributed by atoms with E-state index < -0.39 is 0 Å². The van der Waals surface area contributed by atoms with Crippen molar-refractivity contribution in [3.63, 3.8) is 0 Å². The second-order valence-electron chi connectivity index (χ2n) is 5.63. The molecule has 1 aromatic heterocycles. The number of hydrogen-bond acceptors (Lipinski definition) is 4. The number of aromatic nitrogens is 1. The van der Waals surface area contributed by atoms with Gasteiger partial charge in [-0.25, -0.2) is 4.98 Å². The number of β-amino-alcohol motifs (C(OH)–C–C–N with tert-alkyl or cyclic N) is 1. The lowest BCUT2D eigenvalue weighted by molar-refractivity contribution is 0.149. The summed E-state index contributed by atoms with van der Waals surface area (Å²) < 4.78 is 0. The van der Waals surface area contributed by atoms with Crippen molar-refractivity contribution in [2.75, 3.05) is 44.7 Å². The predicted octanol–water partition coefficient (Wildman–Crippen LogP) is 2.18. The van der Waals surface area contributed by atoms with E-state index in [0.717, 1.165) is 42.7 Å². The molecule has 1 aromatic rings. The topological polar surface area (TPSA) is 39.6 Å². The Kier molecular flexibility index (Phi) is 5.64. The monoisotopic (exact) mass is 297 g/mol. The van der Waals surface area contributed by atoms with E-state index in [-0.39, 0.29) is 6.61 Å². The summed E-state index contributed by atoms with van der Waals surface area (Å²) in [6, 6.07) is 3.90. The lowest BCUT2D eigenvalue weighted by Crippen LogP contribution is -2.39. The number of likely N-dealkylation sites (tertiary alicyclic amines) is 1. The summed E-state index contributed by atoms with van der Waals surface area (Å²) >= 11 is 6.02. The number of rotatable bonds is 5. The second-order valence-corrected chi connectivity index (χ2v) is 6.03. The largest absolute Gasteiger partial charge is 0.395 e. The number of pyridine rings is 1. The molecule has 0 bridgehead atoms. The molecule has 0 saturated carbocycles. The summed E-state index contributed by atoms with van der Waals surface area (Å²) in [5.41, 5.74) is 0.883. The smallest absolute Gasteiger partial charge is 0.128 e. The van der Waals surface area contributed by atoms with E-state index in [0.29, 0.717) is 5.92 Å². The molecule has 1 aliphatic rings. The van der Waals surface area contributed by atoms with Crippen LogP contribution in [0.5, 0.6) is 0 Å². The van der Waals surface area contributed by atoms with E-state index in [1.54, 1.807) is 0 Å². The summed E-state index contributed by atoms with van der Waals surface area (Å²) in [5.74, 6) is 1.69. The van der Waals surface area contributed by atoms with Gasteiger partial charge in [0, 0.05) is 20.1 Å². The highest BCUT2D eigenvalue weighted by Crippen LogP contribution is 2.22. The van der Waals surface area contributed by atoms with E-state index in [9.17, 15) is 0 Å². The summed E-state index contributed by atoms with van der Waals surface area (Å²) in [6.45, 7) is 6.21. The van der Waals surface area contributed by atoms with E-state index in [4.69, 9.17) is 16.7 Å². The number of aliphatic hydroxyl groups is 1. The molecule has 5 heteroatoms. The van der Waals surface area contributed by atoms with Crippen molar-refractivity contribution < 1.29 is 5.11 Å². The summed E-state index contributed by atoms with van der Waals surface area (Å²) in [4.78, 5) is 9.09. The third-order valence-electron chi connectivity index (χ3n) is 4.05. The lowest BCUT2D eigenvalue weighted by Gasteiger charge is -2.33. The van der Waals surface area contributed by atoms with Gasteiger partial charge in [-0.2, -0.15) is 0 Å². The fourth-order valence-corrected chi connectivity index (χ4v) is 2.86. The molecule has 1 N–H and O–H groups in total. The predicted molar refractivity (Wildman–Crippen MR) is 83.5 cm³/mol. The average Bonchev–Trinajstić information content (AvgIpc) is 2.44. The Bertz CT molecular complexity index is 433. The van der Waals surface area contributed by atoms with E-state index in [2.05, 4.69) is 21.8 Å². The highest BCUT2D eigenvalue weighted by molar-refractivity contribution is 6.31. The van der Waals surface area contributed by atoms with Crippen LogP contribution in [0.1, 0.15) is 18.5 Å². The Hall–Kier alpha value is -0.840. The van der Waals surface area contributed by atoms with E-state index in [1.807, 2.05) is 19.1 Å². The molecule has 0 amide bonds. The number of halogens is 1. The lowest BCUT2D eigenvalue weighted by atomic mass is 9.96. The number of aliphatic hydroxyl groups excluding tert-OH is 1. The molecule has 0 radical (unpaired) electrons. The van der Waals surface area contributed by atoms with E-state index in [1.165, 1.54) is 12.8 Å². The Morgan fingerprint density at radius 1 is 1.40 bits per heavy atom. The van der Waals surface area contributed by atoms with Crippen LogP contribution in [-0.4, -0.2) is 54.8 Å². The maximum Gasteiger partial charge on any atom is 0.128 e. The quantitative estimate of drug-likeness (QED) is 0.904. The van der Waals surface area contributed by atoms with Crippen molar-refractivity contribution >= 4 is 17.4 Å². The Morgan fingerprint density at radius 2 is 2.10 bits per heavy atom. The van der Waals surface area contributed by atoms with Crippen molar-refractivity contribution in [2.24, 2.45) is 5.92 Å². The van der Waals surface area contributed by atoms with Crippen LogP contribution in [-0.2, 0) is 0 Å². The maximum absolute atomic E-state index is 8.96. The van der Waals surface area contributed by atoms with Crippen LogP contribution in [0.15, 0.2) is 12.1 Å². The van der Waals surface area contributed by atoms with Crippen LogP contribution < -0.4 is 4.90 Å². The minimum absolute atomic E-state index is 0.262. The molecule has 1 fully saturated rings. The molecule has 2 heterocycles.